The van der Waals surface area contributed by atoms with E-state index < -0.39 is 5.60 Å². The topological polar surface area (TPSA) is 20.2 Å². The molecule has 1 unspecified atom stereocenters. The smallest absolute Gasteiger partial charge is 0.0662 e. The molecule has 1 aliphatic rings. The van der Waals surface area contributed by atoms with Gasteiger partial charge in [-0.05, 0) is 31.7 Å². The Hall–Kier alpha value is -0.820. The van der Waals surface area contributed by atoms with Crippen molar-refractivity contribution in [2.24, 2.45) is 5.92 Å². The molecule has 1 fully saturated rings. The summed E-state index contributed by atoms with van der Waals surface area (Å²) in [5.74, 6) is 0.783. The molecule has 0 heterocycles. The summed E-state index contributed by atoms with van der Waals surface area (Å²) in [5.41, 5.74) is 2.00. The molecule has 2 rings (SSSR count). The Kier molecular flexibility index (Phi) is 2.83. The predicted molar refractivity (Wildman–Crippen MR) is 62.8 cm³/mol. The fourth-order valence-electron chi connectivity index (χ4n) is 2.16. The standard InChI is InChI=1S/C14H20O/c1-11-3-5-12(6-4-11)9-14(2,15)10-13-7-8-13/h3-6,13,15H,7-10H2,1-2H3. The average Bonchev–Trinajstić information content (AvgIpc) is 2.91. The van der Waals surface area contributed by atoms with E-state index in [1.54, 1.807) is 0 Å². The van der Waals surface area contributed by atoms with Crippen LogP contribution in [0.15, 0.2) is 24.3 Å². The quantitative estimate of drug-likeness (QED) is 0.799. The van der Waals surface area contributed by atoms with Crippen LogP contribution in [0.4, 0.5) is 0 Å². The third kappa shape index (κ3) is 3.35. The molecule has 0 amide bonds. The summed E-state index contributed by atoms with van der Waals surface area (Å²) in [4.78, 5) is 0. The lowest BCUT2D eigenvalue weighted by Gasteiger charge is -2.23. The number of aliphatic hydroxyl groups is 1. The molecule has 1 nitrogen and oxygen atoms in total. The van der Waals surface area contributed by atoms with Crippen LogP contribution in [0, 0.1) is 12.8 Å². The molecule has 0 bridgehead atoms. The first-order chi connectivity index (χ1) is 7.05. The number of rotatable bonds is 4. The van der Waals surface area contributed by atoms with E-state index in [0.29, 0.717) is 0 Å². The first kappa shape index (κ1) is 10.7. The number of hydrogen-bond donors (Lipinski definition) is 1. The van der Waals surface area contributed by atoms with E-state index in [2.05, 4.69) is 31.2 Å². The van der Waals surface area contributed by atoms with Crippen LogP contribution in [-0.4, -0.2) is 10.7 Å². The zero-order chi connectivity index (χ0) is 10.9. The van der Waals surface area contributed by atoms with Crippen molar-refractivity contribution in [1.29, 1.82) is 0 Å². The van der Waals surface area contributed by atoms with Crippen LogP contribution in [0.2, 0.25) is 0 Å². The molecule has 0 aliphatic heterocycles. The molecule has 1 aromatic rings. The first-order valence-corrected chi connectivity index (χ1v) is 5.83. The van der Waals surface area contributed by atoms with Crippen LogP contribution in [0.1, 0.15) is 37.3 Å². The van der Waals surface area contributed by atoms with Crippen molar-refractivity contribution < 1.29 is 5.11 Å². The van der Waals surface area contributed by atoms with E-state index in [1.807, 2.05) is 6.92 Å². The lowest BCUT2D eigenvalue weighted by Crippen LogP contribution is -2.27. The minimum Gasteiger partial charge on any atom is -0.390 e. The van der Waals surface area contributed by atoms with Crippen molar-refractivity contribution in [3.05, 3.63) is 35.4 Å². The normalized spacial score (nSPS) is 19.9. The molecule has 0 aromatic heterocycles. The Bertz CT molecular complexity index is 320. The molecular formula is C14H20O. The van der Waals surface area contributed by atoms with Gasteiger partial charge in [0.2, 0.25) is 0 Å². The van der Waals surface area contributed by atoms with Crippen molar-refractivity contribution in [1.82, 2.24) is 0 Å². The van der Waals surface area contributed by atoms with Gasteiger partial charge in [0.25, 0.3) is 0 Å². The fraction of sp³-hybridized carbons (Fsp3) is 0.571. The second-order valence-corrected chi connectivity index (χ2v) is 5.31. The van der Waals surface area contributed by atoms with Gasteiger partial charge < -0.3 is 5.11 Å². The zero-order valence-electron chi connectivity index (χ0n) is 9.66. The molecule has 1 heteroatoms. The predicted octanol–water partition coefficient (Wildman–Crippen LogP) is 3.09. The van der Waals surface area contributed by atoms with Crippen molar-refractivity contribution in [3.63, 3.8) is 0 Å². The molecule has 82 valence electrons. The first-order valence-electron chi connectivity index (χ1n) is 5.83. The summed E-state index contributed by atoms with van der Waals surface area (Å²) in [7, 11) is 0. The zero-order valence-corrected chi connectivity index (χ0v) is 9.66. The van der Waals surface area contributed by atoms with Crippen LogP contribution in [0.3, 0.4) is 0 Å². The lowest BCUT2D eigenvalue weighted by molar-refractivity contribution is 0.0455. The Morgan fingerprint density at radius 2 is 1.87 bits per heavy atom. The third-order valence-electron chi connectivity index (χ3n) is 3.13. The van der Waals surface area contributed by atoms with Gasteiger partial charge in [-0.3, -0.25) is 0 Å². The van der Waals surface area contributed by atoms with E-state index in [0.717, 1.165) is 18.8 Å². The maximum atomic E-state index is 10.2. The maximum Gasteiger partial charge on any atom is 0.0662 e. The van der Waals surface area contributed by atoms with Crippen LogP contribution in [-0.2, 0) is 6.42 Å². The minimum absolute atomic E-state index is 0.517. The summed E-state index contributed by atoms with van der Waals surface area (Å²) >= 11 is 0. The molecule has 1 saturated carbocycles. The highest BCUT2D eigenvalue weighted by Gasteiger charge is 2.31. The highest BCUT2D eigenvalue weighted by molar-refractivity contribution is 5.22. The van der Waals surface area contributed by atoms with Gasteiger partial charge in [-0.25, -0.2) is 0 Å². The monoisotopic (exact) mass is 204 g/mol. The highest BCUT2D eigenvalue weighted by atomic mass is 16.3. The Balaban J connectivity index is 1.96. The SMILES string of the molecule is Cc1ccc(CC(C)(O)CC2CC2)cc1. The van der Waals surface area contributed by atoms with Gasteiger partial charge in [-0.2, -0.15) is 0 Å². The summed E-state index contributed by atoms with van der Waals surface area (Å²) in [6.45, 7) is 4.05. The van der Waals surface area contributed by atoms with E-state index in [-0.39, 0.29) is 0 Å². The molecule has 1 aromatic carbocycles. The van der Waals surface area contributed by atoms with Gasteiger partial charge in [-0.15, -0.1) is 0 Å². The van der Waals surface area contributed by atoms with Gasteiger partial charge in [0.15, 0.2) is 0 Å². The average molecular weight is 204 g/mol. The summed E-state index contributed by atoms with van der Waals surface area (Å²) in [6.07, 6.45) is 4.36. The van der Waals surface area contributed by atoms with Crippen LogP contribution < -0.4 is 0 Å². The Morgan fingerprint density at radius 3 is 2.40 bits per heavy atom. The van der Waals surface area contributed by atoms with Crippen molar-refractivity contribution in [2.75, 3.05) is 0 Å². The van der Waals surface area contributed by atoms with Crippen molar-refractivity contribution in [2.45, 2.75) is 45.1 Å². The molecule has 0 spiro atoms. The highest BCUT2D eigenvalue weighted by Crippen LogP contribution is 2.37. The second-order valence-electron chi connectivity index (χ2n) is 5.31. The molecule has 0 saturated heterocycles. The van der Waals surface area contributed by atoms with E-state index in [1.165, 1.54) is 24.0 Å². The van der Waals surface area contributed by atoms with Crippen molar-refractivity contribution >= 4 is 0 Å². The van der Waals surface area contributed by atoms with Gasteiger partial charge in [-0.1, -0.05) is 42.7 Å². The summed E-state index contributed by atoms with van der Waals surface area (Å²) in [6, 6.07) is 8.47. The molecule has 1 aliphatic carbocycles. The van der Waals surface area contributed by atoms with Gasteiger partial charge in [0.1, 0.15) is 0 Å². The van der Waals surface area contributed by atoms with Crippen molar-refractivity contribution in [3.8, 4) is 0 Å². The van der Waals surface area contributed by atoms with E-state index in [9.17, 15) is 5.11 Å². The van der Waals surface area contributed by atoms with Crippen LogP contribution in [0.25, 0.3) is 0 Å². The molecule has 0 radical (unpaired) electrons. The Labute approximate surface area is 92.1 Å². The van der Waals surface area contributed by atoms with Crippen LogP contribution >= 0.6 is 0 Å². The van der Waals surface area contributed by atoms with E-state index >= 15 is 0 Å². The number of benzene rings is 1. The van der Waals surface area contributed by atoms with Gasteiger partial charge in [0, 0.05) is 6.42 Å². The maximum absolute atomic E-state index is 10.2. The summed E-state index contributed by atoms with van der Waals surface area (Å²) in [5, 5.41) is 10.2. The lowest BCUT2D eigenvalue weighted by atomic mass is 9.91. The minimum atomic E-state index is -0.517. The Morgan fingerprint density at radius 1 is 1.27 bits per heavy atom. The number of aryl methyl sites for hydroxylation is 1. The third-order valence-corrected chi connectivity index (χ3v) is 3.13. The molecule has 1 N–H and O–H groups in total. The van der Waals surface area contributed by atoms with Gasteiger partial charge >= 0.3 is 0 Å². The molecule has 1 atom stereocenters. The second kappa shape index (κ2) is 3.97. The van der Waals surface area contributed by atoms with E-state index in [4.69, 9.17) is 0 Å². The van der Waals surface area contributed by atoms with Crippen LogP contribution in [0.5, 0.6) is 0 Å². The molecule has 15 heavy (non-hydrogen) atoms. The largest absolute Gasteiger partial charge is 0.390 e. The number of hydrogen-bond acceptors (Lipinski definition) is 1. The molecular weight excluding hydrogens is 184 g/mol. The van der Waals surface area contributed by atoms with Gasteiger partial charge in [0.05, 0.1) is 5.60 Å². The fourth-order valence-corrected chi connectivity index (χ4v) is 2.16. The summed E-state index contributed by atoms with van der Waals surface area (Å²) < 4.78 is 0.